The van der Waals surface area contributed by atoms with Gasteiger partial charge in [-0.05, 0) is 18.3 Å². The fourth-order valence-corrected chi connectivity index (χ4v) is 0.729. The van der Waals surface area contributed by atoms with Crippen LogP contribution < -0.4 is 5.32 Å². The Morgan fingerprint density at radius 2 is 2.56 bits per heavy atom. The summed E-state index contributed by atoms with van der Waals surface area (Å²) in [7, 11) is 0. The molecule has 3 nitrogen and oxygen atoms in total. The summed E-state index contributed by atoms with van der Waals surface area (Å²) in [6.07, 6.45) is 0.812. The first kappa shape index (κ1) is 6.22. The topological polar surface area (TPSA) is 38.3 Å². The van der Waals surface area contributed by atoms with E-state index in [9.17, 15) is 4.79 Å². The maximum atomic E-state index is 10.6. The molecule has 48 valence electrons. The number of carbonyl (C=O) groups is 1. The van der Waals surface area contributed by atoms with Gasteiger partial charge in [-0.15, -0.1) is 0 Å². The largest absolute Gasteiger partial charge is 0.453 e. The zero-order chi connectivity index (χ0) is 6.85. The van der Waals surface area contributed by atoms with E-state index < -0.39 is 6.10 Å². The summed E-state index contributed by atoms with van der Waals surface area (Å²) >= 11 is 4.54. The van der Waals surface area contributed by atoms with Crippen molar-refractivity contribution in [2.24, 2.45) is 0 Å². The van der Waals surface area contributed by atoms with Crippen molar-refractivity contribution in [1.29, 1.82) is 0 Å². The molecule has 1 aliphatic heterocycles. The molecule has 0 saturated carbocycles. The van der Waals surface area contributed by atoms with Crippen LogP contribution in [0.2, 0.25) is 0 Å². The highest BCUT2D eigenvalue weighted by atomic mass is 32.1. The van der Waals surface area contributed by atoms with Gasteiger partial charge in [-0.25, -0.2) is 0 Å². The number of amides is 1. The van der Waals surface area contributed by atoms with Crippen molar-refractivity contribution in [3.8, 4) is 0 Å². The van der Waals surface area contributed by atoms with E-state index in [4.69, 9.17) is 4.74 Å². The molecule has 0 aromatic carbocycles. The molecule has 0 radical (unpaired) electrons. The molecule has 0 aliphatic carbocycles. The summed E-state index contributed by atoms with van der Waals surface area (Å²) in [6.45, 7) is 3.38. The average Bonchev–Trinajstić information content (AvgIpc) is 2.10. The first-order valence-corrected chi connectivity index (χ1v) is 2.79. The van der Waals surface area contributed by atoms with E-state index in [1.807, 2.05) is 0 Å². The van der Waals surface area contributed by atoms with Crippen molar-refractivity contribution in [2.45, 2.75) is 6.10 Å². The smallest absolute Gasteiger partial charge is 0.272 e. The Bertz CT molecular complexity index is 178. The van der Waals surface area contributed by atoms with Crippen LogP contribution >= 0.6 is 12.2 Å². The molecule has 1 amide bonds. The van der Waals surface area contributed by atoms with Crippen LogP contribution in [-0.4, -0.2) is 17.2 Å². The summed E-state index contributed by atoms with van der Waals surface area (Å²) in [5.41, 5.74) is 0. The molecule has 1 fully saturated rings. The van der Waals surface area contributed by atoms with E-state index in [0.717, 1.165) is 0 Å². The molecule has 0 aromatic heterocycles. The van der Waals surface area contributed by atoms with E-state index in [1.54, 1.807) is 0 Å². The molecule has 1 rings (SSSR count). The van der Waals surface area contributed by atoms with Gasteiger partial charge in [0.15, 0.2) is 6.10 Å². The second kappa shape index (κ2) is 2.14. The summed E-state index contributed by atoms with van der Waals surface area (Å²) < 4.78 is 4.78. The highest BCUT2D eigenvalue weighted by Gasteiger charge is 2.25. The molecule has 0 unspecified atom stereocenters. The molecule has 0 bridgehead atoms. The molecule has 1 aliphatic rings. The lowest BCUT2D eigenvalue weighted by Gasteiger charge is -1.95. The zero-order valence-corrected chi connectivity index (χ0v) is 5.40. The van der Waals surface area contributed by atoms with Gasteiger partial charge in [0.25, 0.3) is 11.1 Å². The van der Waals surface area contributed by atoms with Crippen LogP contribution in [-0.2, 0) is 9.53 Å². The zero-order valence-electron chi connectivity index (χ0n) is 4.59. The standard InChI is InChI=1S/C5H5NO2S/c1-2-3-4(7)6-5(9)8-3/h2-3H,1H2,(H,6,7,9)/t3-/m1/s1. The molecule has 1 saturated heterocycles. The number of carbonyl (C=O) groups excluding carboxylic acids is 1. The highest BCUT2D eigenvalue weighted by molar-refractivity contribution is 7.80. The number of rotatable bonds is 1. The fraction of sp³-hybridized carbons (Fsp3) is 0.200. The van der Waals surface area contributed by atoms with Crippen LogP contribution in [0.15, 0.2) is 12.7 Å². The molecule has 0 aromatic rings. The Kier molecular flexibility index (Phi) is 1.48. The van der Waals surface area contributed by atoms with Crippen LogP contribution in [0.1, 0.15) is 0 Å². The summed E-state index contributed by atoms with van der Waals surface area (Å²) in [5, 5.41) is 2.45. The molecule has 1 heterocycles. The van der Waals surface area contributed by atoms with Gasteiger partial charge >= 0.3 is 0 Å². The van der Waals surface area contributed by atoms with Crippen LogP contribution in [0, 0.1) is 0 Å². The Balaban J connectivity index is 2.68. The maximum Gasteiger partial charge on any atom is 0.272 e. The monoisotopic (exact) mass is 143 g/mol. The van der Waals surface area contributed by atoms with E-state index >= 15 is 0 Å². The molecule has 4 heteroatoms. The fourth-order valence-electron chi connectivity index (χ4n) is 0.525. The second-order valence-corrected chi connectivity index (χ2v) is 1.92. The molecule has 1 N–H and O–H groups in total. The number of hydrogen-bond acceptors (Lipinski definition) is 3. The maximum absolute atomic E-state index is 10.6. The first-order chi connectivity index (χ1) is 4.24. The van der Waals surface area contributed by atoms with Gasteiger partial charge < -0.3 is 4.74 Å². The number of ether oxygens (including phenoxy) is 1. The molecule has 1 atom stereocenters. The lowest BCUT2D eigenvalue weighted by molar-refractivity contribution is -0.121. The summed E-state index contributed by atoms with van der Waals surface area (Å²) in [6, 6.07) is 0. The second-order valence-electron chi connectivity index (χ2n) is 1.55. The first-order valence-electron chi connectivity index (χ1n) is 2.38. The Morgan fingerprint density at radius 1 is 1.89 bits per heavy atom. The Labute approximate surface area is 57.7 Å². The van der Waals surface area contributed by atoms with Gasteiger partial charge in [-0.3, -0.25) is 10.1 Å². The lowest BCUT2D eigenvalue weighted by Crippen LogP contribution is -2.22. The van der Waals surface area contributed by atoms with Crippen molar-refractivity contribution in [3.05, 3.63) is 12.7 Å². The third-order valence-corrected chi connectivity index (χ3v) is 1.13. The van der Waals surface area contributed by atoms with Crippen molar-refractivity contribution in [1.82, 2.24) is 5.32 Å². The van der Waals surface area contributed by atoms with Crippen LogP contribution in [0.4, 0.5) is 0 Å². The van der Waals surface area contributed by atoms with Crippen LogP contribution in [0.25, 0.3) is 0 Å². The van der Waals surface area contributed by atoms with Gasteiger partial charge in [-0.1, -0.05) is 6.58 Å². The predicted octanol–water partition coefficient (Wildman–Crippen LogP) is -0.0277. The third kappa shape index (κ3) is 1.08. The predicted molar refractivity (Wildman–Crippen MR) is 35.8 cm³/mol. The number of nitrogens with one attached hydrogen (secondary N) is 1. The minimum atomic E-state index is -0.586. The van der Waals surface area contributed by atoms with Crippen molar-refractivity contribution in [3.63, 3.8) is 0 Å². The van der Waals surface area contributed by atoms with Gasteiger partial charge in [0, 0.05) is 0 Å². The number of hydrogen-bond donors (Lipinski definition) is 1. The van der Waals surface area contributed by atoms with Crippen LogP contribution in [0.5, 0.6) is 0 Å². The molecular weight excluding hydrogens is 138 g/mol. The molecule has 0 spiro atoms. The molecule has 9 heavy (non-hydrogen) atoms. The summed E-state index contributed by atoms with van der Waals surface area (Å²) in [5.74, 6) is -0.241. The van der Waals surface area contributed by atoms with E-state index in [2.05, 4.69) is 24.1 Å². The minimum absolute atomic E-state index is 0.130. The SMILES string of the molecule is C=C[C@H]1OC(=S)NC1=O. The normalized spacial score (nSPS) is 25.1. The Morgan fingerprint density at radius 3 is 2.78 bits per heavy atom. The average molecular weight is 143 g/mol. The summed E-state index contributed by atoms with van der Waals surface area (Å²) in [4.78, 5) is 10.6. The molecular formula is C5H5NO2S. The van der Waals surface area contributed by atoms with E-state index in [1.165, 1.54) is 6.08 Å². The van der Waals surface area contributed by atoms with Gasteiger partial charge in [0.1, 0.15) is 0 Å². The van der Waals surface area contributed by atoms with Crippen molar-refractivity contribution < 1.29 is 9.53 Å². The van der Waals surface area contributed by atoms with E-state index in [0.29, 0.717) is 0 Å². The quantitative estimate of drug-likeness (QED) is 0.414. The van der Waals surface area contributed by atoms with Gasteiger partial charge in [0.05, 0.1) is 0 Å². The third-order valence-electron chi connectivity index (χ3n) is 0.932. The minimum Gasteiger partial charge on any atom is -0.453 e. The lowest BCUT2D eigenvalue weighted by atomic mass is 10.3. The van der Waals surface area contributed by atoms with Crippen LogP contribution in [0.3, 0.4) is 0 Å². The van der Waals surface area contributed by atoms with Gasteiger partial charge in [-0.2, -0.15) is 0 Å². The van der Waals surface area contributed by atoms with Gasteiger partial charge in [0.2, 0.25) is 0 Å². The van der Waals surface area contributed by atoms with E-state index in [-0.39, 0.29) is 11.1 Å². The Hall–Kier alpha value is -0.900. The van der Waals surface area contributed by atoms with Crippen molar-refractivity contribution >= 4 is 23.3 Å². The number of thiocarbonyl (C=S) groups is 1. The highest BCUT2D eigenvalue weighted by Crippen LogP contribution is 2.01. The van der Waals surface area contributed by atoms with Crippen molar-refractivity contribution in [2.75, 3.05) is 0 Å².